The Hall–Kier alpha value is -1.39. The average molecular weight is 278 g/mol. The monoisotopic (exact) mass is 278 g/mol. The lowest BCUT2D eigenvalue weighted by atomic mass is 10.0. The van der Waals surface area contributed by atoms with Crippen molar-refractivity contribution < 1.29 is 4.39 Å². The van der Waals surface area contributed by atoms with Crippen LogP contribution in [0.5, 0.6) is 0 Å². The molecule has 4 heteroatoms. The van der Waals surface area contributed by atoms with E-state index < -0.39 is 0 Å². The number of halogens is 1. The summed E-state index contributed by atoms with van der Waals surface area (Å²) in [4.78, 5) is 3.43. The molecular weight excluding hydrogens is 259 g/mol. The van der Waals surface area contributed by atoms with Crippen LogP contribution in [0.3, 0.4) is 0 Å². The van der Waals surface area contributed by atoms with Crippen molar-refractivity contribution in [3.05, 3.63) is 52.0 Å². The minimum absolute atomic E-state index is 0.225. The summed E-state index contributed by atoms with van der Waals surface area (Å²) >= 11 is 1.71. The predicted octanol–water partition coefficient (Wildman–Crippen LogP) is 3.93. The molecule has 0 amide bonds. The smallest absolute Gasteiger partial charge is 0.130 e. The van der Waals surface area contributed by atoms with E-state index in [1.54, 1.807) is 17.4 Å². The van der Waals surface area contributed by atoms with Gasteiger partial charge in [0.2, 0.25) is 0 Å². The molecule has 0 bridgehead atoms. The Labute approximate surface area is 117 Å². The minimum atomic E-state index is -0.311. The van der Waals surface area contributed by atoms with E-state index in [2.05, 4.69) is 23.3 Å². The van der Waals surface area contributed by atoms with Crippen LogP contribution >= 0.6 is 11.3 Å². The molecule has 0 saturated heterocycles. The molecule has 0 saturated carbocycles. The van der Waals surface area contributed by atoms with Gasteiger partial charge in [-0.3, -0.25) is 0 Å². The first-order valence-electron chi connectivity index (χ1n) is 6.44. The zero-order valence-electron chi connectivity index (χ0n) is 11.3. The van der Waals surface area contributed by atoms with Crippen molar-refractivity contribution in [2.45, 2.75) is 26.4 Å². The fourth-order valence-electron chi connectivity index (χ4n) is 2.21. The molecule has 0 aliphatic carbocycles. The first kappa shape index (κ1) is 14.0. The van der Waals surface area contributed by atoms with Gasteiger partial charge in [0.1, 0.15) is 5.82 Å². The Morgan fingerprint density at radius 1 is 1.32 bits per heavy atom. The van der Waals surface area contributed by atoms with Crippen LogP contribution < -0.4 is 10.6 Å². The van der Waals surface area contributed by atoms with Gasteiger partial charge in [-0.15, -0.1) is 11.3 Å². The van der Waals surface area contributed by atoms with Crippen LogP contribution in [-0.2, 0) is 6.54 Å². The zero-order valence-corrected chi connectivity index (χ0v) is 12.1. The normalized spacial score (nSPS) is 12.4. The Morgan fingerprint density at radius 3 is 2.68 bits per heavy atom. The molecule has 0 aliphatic heterocycles. The third-order valence-electron chi connectivity index (χ3n) is 3.13. The highest BCUT2D eigenvalue weighted by atomic mass is 32.1. The fourth-order valence-corrected chi connectivity index (χ4v) is 2.93. The highest BCUT2D eigenvalue weighted by Crippen LogP contribution is 2.29. The molecule has 0 radical (unpaired) electrons. The number of nitrogens with two attached hydrogens (primary N) is 1. The Morgan fingerprint density at radius 2 is 2.11 bits per heavy atom. The summed E-state index contributed by atoms with van der Waals surface area (Å²) in [5.41, 5.74) is 7.41. The molecular formula is C15H19FN2S. The van der Waals surface area contributed by atoms with Gasteiger partial charge in [-0.1, -0.05) is 12.1 Å². The maximum Gasteiger partial charge on any atom is 0.130 e. The van der Waals surface area contributed by atoms with E-state index in [-0.39, 0.29) is 11.9 Å². The number of hydrogen-bond donors (Lipinski definition) is 1. The molecule has 0 spiro atoms. The standard InChI is InChI=1S/C15H19FN2S/c1-3-18(10-12-6-5-9-19-12)14-8-4-7-13(16)15(14)11(2)17/h4-9,11H,3,10,17H2,1-2H3/t11-/m0/s1. The van der Waals surface area contributed by atoms with Crippen molar-refractivity contribution in [2.24, 2.45) is 5.73 Å². The Bertz CT molecular complexity index is 523. The maximum atomic E-state index is 14.0. The number of anilines is 1. The van der Waals surface area contributed by atoms with Gasteiger partial charge in [0.15, 0.2) is 0 Å². The summed E-state index contributed by atoms with van der Waals surface area (Å²) in [5, 5.41) is 2.06. The average Bonchev–Trinajstić information content (AvgIpc) is 2.88. The molecule has 102 valence electrons. The summed E-state index contributed by atoms with van der Waals surface area (Å²) in [6, 6.07) is 8.98. The third-order valence-corrected chi connectivity index (χ3v) is 4.00. The van der Waals surface area contributed by atoms with Gasteiger partial charge in [0, 0.05) is 28.7 Å². The second kappa shape index (κ2) is 6.17. The van der Waals surface area contributed by atoms with E-state index in [4.69, 9.17) is 5.73 Å². The van der Waals surface area contributed by atoms with Gasteiger partial charge in [0.25, 0.3) is 0 Å². The maximum absolute atomic E-state index is 14.0. The van der Waals surface area contributed by atoms with Crippen molar-refractivity contribution >= 4 is 17.0 Å². The van der Waals surface area contributed by atoms with E-state index >= 15 is 0 Å². The van der Waals surface area contributed by atoms with E-state index in [9.17, 15) is 4.39 Å². The number of benzene rings is 1. The Kier molecular flexibility index (Phi) is 4.56. The summed E-state index contributed by atoms with van der Waals surface area (Å²) in [6.07, 6.45) is 0. The van der Waals surface area contributed by atoms with Gasteiger partial charge in [-0.2, -0.15) is 0 Å². The highest BCUT2D eigenvalue weighted by molar-refractivity contribution is 7.09. The first-order valence-corrected chi connectivity index (χ1v) is 7.32. The molecule has 1 aromatic carbocycles. The fraction of sp³-hybridized carbons (Fsp3) is 0.333. The molecule has 1 heterocycles. The molecule has 2 aromatic rings. The number of hydrogen-bond acceptors (Lipinski definition) is 3. The third kappa shape index (κ3) is 3.14. The molecule has 19 heavy (non-hydrogen) atoms. The van der Waals surface area contributed by atoms with Crippen molar-refractivity contribution in [2.75, 3.05) is 11.4 Å². The van der Waals surface area contributed by atoms with E-state index in [0.717, 1.165) is 18.8 Å². The van der Waals surface area contributed by atoms with Crippen LogP contribution in [0.2, 0.25) is 0 Å². The lowest BCUT2D eigenvalue weighted by Gasteiger charge is -2.26. The van der Waals surface area contributed by atoms with Gasteiger partial charge >= 0.3 is 0 Å². The molecule has 0 aliphatic rings. The number of nitrogens with zero attached hydrogens (tertiary/aromatic N) is 1. The van der Waals surface area contributed by atoms with Crippen molar-refractivity contribution in [3.63, 3.8) is 0 Å². The van der Waals surface area contributed by atoms with Crippen LogP contribution in [0.4, 0.5) is 10.1 Å². The molecule has 0 unspecified atom stereocenters. The summed E-state index contributed by atoms with van der Waals surface area (Å²) < 4.78 is 14.0. The lowest BCUT2D eigenvalue weighted by molar-refractivity contribution is 0.591. The summed E-state index contributed by atoms with van der Waals surface area (Å²) in [5.74, 6) is -0.225. The van der Waals surface area contributed by atoms with Gasteiger partial charge < -0.3 is 10.6 Å². The van der Waals surface area contributed by atoms with Crippen LogP contribution in [0.25, 0.3) is 0 Å². The van der Waals surface area contributed by atoms with E-state index in [0.29, 0.717) is 5.56 Å². The number of rotatable bonds is 5. The van der Waals surface area contributed by atoms with Crippen LogP contribution in [0.15, 0.2) is 35.7 Å². The second-order valence-electron chi connectivity index (χ2n) is 4.55. The molecule has 0 fully saturated rings. The lowest BCUT2D eigenvalue weighted by Crippen LogP contribution is -2.24. The van der Waals surface area contributed by atoms with Crippen molar-refractivity contribution in [1.29, 1.82) is 0 Å². The van der Waals surface area contributed by atoms with Crippen LogP contribution in [0, 0.1) is 5.82 Å². The molecule has 2 nitrogen and oxygen atoms in total. The van der Waals surface area contributed by atoms with E-state index in [1.807, 2.05) is 19.1 Å². The topological polar surface area (TPSA) is 29.3 Å². The SMILES string of the molecule is CCN(Cc1cccs1)c1cccc(F)c1[C@H](C)N. The van der Waals surface area contributed by atoms with Gasteiger partial charge in [0.05, 0.1) is 6.54 Å². The number of thiophene rings is 1. The minimum Gasteiger partial charge on any atom is -0.366 e. The van der Waals surface area contributed by atoms with Crippen LogP contribution in [0.1, 0.15) is 30.3 Å². The highest BCUT2D eigenvalue weighted by Gasteiger charge is 2.17. The van der Waals surface area contributed by atoms with Gasteiger partial charge in [-0.25, -0.2) is 4.39 Å². The zero-order chi connectivity index (χ0) is 13.8. The second-order valence-corrected chi connectivity index (χ2v) is 5.59. The summed E-state index contributed by atoms with van der Waals surface area (Å²) in [7, 11) is 0. The molecule has 1 atom stereocenters. The van der Waals surface area contributed by atoms with Crippen molar-refractivity contribution in [3.8, 4) is 0 Å². The Balaban J connectivity index is 2.35. The van der Waals surface area contributed by atoms with Crippen LogP contribution in [-0.4, -0.2) is 6.54 Å². The quantitative estimate of drug-likeness (QED) is 0.897. The van der Waals surface area contributed by atoms with Gasteiger partial charge in [-0.05, 0) is 37.4 Å². The molecule has 2 rings (SSSR count). The first-order chi connectivity index (χ1) is 9.13. The summed E-state index contributed by atoms with van der Waals surface area (Å²) in [6.45, 7) is 5.50. The van der Waals surface area contributed by atoms with E-state index in [1.165, 1.54) is 10.9 Å². The predicted molar refractivity (Wildman–Crippen MR) is 80.0 cm³/mol. The molecule has 2 N–H and O–H groups in total. The van der Waals surface area contributed by atoms with Crippen molar-refractivity contribution in [1.82, 2.24) is 0 Å². The largest absolute Gasteiger partial charge is 0.366 e. The molecule has 1 aromatic heterocycles.